The van der Waals surface area contributed by atoms with Crippen molar-refractivity contribution in [2.45, 2.75) is 20.0 Å². The van der Waals surface area contributed by atoms with E-state index in [0.717, 1.165) is 39.5 Å². The largest absolute Gasteiger partial charge is 0.424 e. The van der Waals surface area contributed by atoms with Crippen LogP contribution in [-0.4, -0.2) is 84.8 Å². The molecule has 1 aliphatic heterocycles. The number of carbonyl (C=O) groups is 2. The molecule has 0 fully saturated rings. The van der Waals surface area contributed by atoms with Crippen LogP contribution in [0.5, 0.6) is 5.75 Å². The molecular weight excluding hydrogens is 605 g/mol. The van der Waals surface area contributed by atoms with E-state index in [1.54, 1.807) is 29.1 Å². The standard InChI is InChI=1S/C12H10N2O3.C11H13N3O2.C8H6N2O2.Na/c1-7(15)17-10-5-14-6-11(16)13-9-4-2-3-8(10)12(9)14;1-13(2)7-8-6-12-11-9(8)4-3-5-10(11)14(15)16;11-10(12)7-3-1-2-6-4-5-9-8(6)7;/h2-5H,6H2,1H3,(H,13,16);3-6,12H,7H2,1-2H3;1-5,9H;. The van der Waals surface area contributed by atoms with Crippen LogP contribution < -0.4 is 10.1 Å². The second-order valence-corrected chi connectivity index (χ2v) is 10.4. The number of hydrogen-bond acceptors (Lipinski definition) is 8. The van der Waals surface area contributed by atoms with Crippen LogP contribution in [0.1, 0.15) is 12.5 Å². The molecule has 1 aliphatic rings. The van der Waals surface area contributed by atoms with Gasteiger partial charge in [-0.25, -0.2) is 0 Å². The molecule has 6 aromatic rings. The molecule has 0 saturated carbocycles. The number of anilines is 1. The van der Waals surface area contributed by atoms with Crippen LogP contribution in [0.15, 0.2) is 79.3 Å². The van der Waals surface area contributed by atoms with Crippen molar-refractivity contribution in [1.29, 1.82) is 0 Å². The van der Waals surface area contributed by atoms with E-state index in [4.69, 9.17) is 4.74 Å². The summed E-state index contributed by atoms with van der Waals surface area (Å²) in [4.78, 5) is 50.9. The molecule has 0 spiro atoms. The van der Waals surface area contributed by atoms with Gasteiger partial charge < -0.3 is 29.5 Å². The zero-order chi connectivity index (χ0) is 32.2. The number of non-ortho nitro benzene ring substituents is 2. The number of para-hydroxylation sites is 3. The SMILES string of the molecule is CC(=O)Oc1cn2c3c(cccc13)NC(=O)C2.CN(C)Cc1c[nH]c2c([N+](=O)[O-])cccc12.O=[N+]([O-])c1cccc2cc[nH]c12.[Na]. The van der Waals surface area contributed by atoms with Gasteiger partial charge in [-0.3, -0.25) is 29.8 Å². The summed E-state index contributed by atoms with van der Waals surface area (Å²) in [5.74, 6) is 0.0498. The summed E-state index contributed by atoms with van der Waals surface area (Å²) in [7, 11) is 3.94. The molecule has 46 heavy (non-hydrogen) atoms. The normalized spacial score (nSPS) is 11.6. The van der Waals surface area contributed by atoms with E-state index in [9.17, 15) is 29.8 Å². The quantitative estimate of drug-likeness (QED) is 0.0981. The molecule has 0 bridgehead atoms. The number of aromatic nitrogens is 3. The molecule has 0 unspecified atom stereocenters. The van der Waals surface area contributed by atoms with Crippen molar-refractivity contribution in [3.05, 3.63) is 105 Å². The van der Waals surface area contributed by atoms with E-state index >= 15 is 0 Å². The average molecular weight is 635 g/mol. The van der Waals surface area contributed by atoms with Crippen molar-refractivity contribution in [1.82, 2.24) is 19.4 Å². The second kappa shape index (κ2) is 14.4. The van der Waals surface area contributed by atoms with Gasteiger partial charge in [-0.05, 0) is 37.9 Å². The average Bonchev–Trinajstić information content (AvgIpc) is 3.71. The second-order valence-electron chi connectivity index (χ2n) is 10.4. The number of rotatable bonds is 5. The van der Waals surface area contributed by atoms with Gasteiger partial charge in [0, 0.05) is 89.9 Å². The van der Waals surface area contributed by atoms with Gasteiger partial charge in [0.05, 0.1) is 21.1 Å². The molecule has 4 heterocycles. The van der Waals surface area contributed by atoms with Gasteiger partial charge in [0.2, 0.25) is 5.91 Å². The third kappa shape index (κ3) is 7.26. The van der Waals surface area contributed by atoms with Crippen LogP contribution >= 0.6 is 0 Å². The molecule has 3 aromatic heterocycles. The molecule has 7 rings (SSSR count). The van der Waals surface area contributed by atoms with E-state index in [2.05, 4.69) is 15.3 Å². The Labute approximate surface area is 283 Å². The summed E-state index contributed by atoms with van der Waals surface area (Å²) < 4.78 is 6.92. The summed E-state index contributed by atoms with van der Waals surface area (Å²) >= 11 is 0. The maximum absolute atomic E-state index is 11.5. The van der Waals surface area contributed by atoms with E-state index in [-0.39, 0.29) is 64.3 Å². The summed E-state index contributed by atoms with van der Waals surface area (Å²) in [6, 6.07) is 17.4. The topological polar surface area (TPSA) is 181 Å². The van der Waals surface area contributed by atoms with Crippen LogP contribution in [-0.2, 0) is 22.7 Å². The summed E-state index contributed by atoms with van der Waals surface area (Å²) in [5.41, 5.74) is 4.15. The smallest absolute Gasteiger partial charge is 0.308 e. The number of nitrogens with one attached hydrogen (secondary N) is 3. The number of aromatic amines is 2. The fourth-order valence-electron chi connectivity index (χ4n) is 5.17. The Morgan fingerprint density at radius 1 is 0.935 bits per heavy atom. The summed E-state index contributed by atoms with van der Waals surface area (Å²) in [6.07, 6.45) is 5.21. The number of nitrogens with zero attached hydrogens (tertiary/aromatic N) is 4. The third-order valence-corrected chi connectivity index (χ3v) is 6.93. The first-order chi connectivity index (χ1) is 21.5. The van der Waals surface area contributed by atoms with Gasteiger partial charge in [0.25, 0.3) is 11.4 Å². The minimum absolute atomic E-state index is 0. The fraction of sp³-hybridized carbons (Fsp3) is 0.161. The first-order valence-corrected chi connectivity index (χ1v) is 13.7. The summed E-state index contributed by atoms with van der Waals surface area (Å²) in [6.45, 7) is 2.37. The Morgan fingerprint density at radius 2 is 1.59 bits per heavy atom. The van der Waals surface area contributed by atoms with Crippen LogP contribution in [0.2, 0.25) is 0 Å². The number of esters is 1. The van der Waals surface area contributed by atoms with Crippen molar-refractivity contribution in [2.24, 2.45) is 0 Å². The third-order valence-electron chi connectivity index (χ3n) is 6.93. The summed E-state index contributed by atoms with van der Waals surface area (Å²) in [5, 5.41) is 26.7. The zero-order valence-electron chi connectivity index (χ0n) is 25.6. The zero-order valence-corrected chi connectivity index (χ0v) is 27.6. The minimum atomic E-state index is -0.390. The van der Waals surface area contributed by atoms with Gasteiger partial charge in [-0.2, -0.15) is 0 Å². The molecule has 3 aromatic carbocycles. The number of amides is 1. The maximum Gasteiger partial charge on any atom is 0.308 e. The number of ether oxygens (including phenoxy) is 1. The predicted molar refractivity (Wildman–Crippen MR) is 175 cm³/mol. The van der Waals surface area contributed by atoms with Gasteiger partial charge in [-0.1, -0.05) is 30.3 Å². The number of nitro groups is 2. The molecule has 0 atom stereocenters. The first kappa shape index (κ1) is 33.9. The number of nitro benzene ring substituents is 2. The number of H-pyrrole nitrogens is 2. The van der Waals surface area contributed by atoms with Gasteiger partial charge in [-0.15, -0.1) is 0 Å². The Bertz CT molecular complexity index is 2080. The van der Waals surface area contributed by atoms with Crippen LogP contribution in [0.25, 0.3) is 32.7 Å². The van der Waals surface area contributed by atoms with Crippen molar-refractivity contribution in [3.63, 3.8) is 0 Å². The Hall–Kier alpha value is -5.02. The van der Waals surface area contributed by atoms with E-state index < -0.39 is 4.92 Å². The fourth-order valence-corrected chi connectivity index (χ4v) is 5.17. The number of hydrogen-bond donors (Lipinski definition) is 3. The Balaban J connectivity index is 0.000000157. The molecular formula is C31H29N7NaO7. The van der Waals surface area contributed by atoms with Crippen LogP contribution in [0.3, 0.4) is 0 Å². The van der Waals surface area contributed by atoms with Crippen LogP contribution in [0.4, 0.5) is 17.1 Å². The molecule has 231 valence electrons. The van der Waals surface area contributed by atoms with Gasteiger partial charge in [0.15, 0.2) is 5.75 Å². The monoisotopic (exact) mass is 634 g/mol. The molecule has 1 amide bonds. The van der Waals surface area contributed by atoms with Crippen molar-refractivity contribution >= 4 is 91.2 Å². The van der Waals surface area contributed by atoms with E-state index in [1.165, 1.54) is 19.1 Å². The number of benzene rings is 3. The minimum Gasteiger partial charge on any atom is -0.424 e. The molecule has 0 saturated heterocycles. The number of fused-ring (bicyclic) bond motifs is 2. The number of carbonyl (C=O) groups excluding carboxylic acids is 2. The van der Waals surface area contributed by atoms with Crippen molar-refractivity contribution in [3.8, 4) is 5.75 Å². The van der Waals surface area contributed by atoms with Crippen molar-refractivity contribution < 1.29 is 24.2 Å². The van der Waals surface area contributed by atoms with E-state index in [1.807, 2.05) is 61.6 Å². The maximum atomic E-state index is 11.5. The molecule has 0 aliphatic carbocycles. The predicted octanol–water partition coefficient (Wildman–Crippen LogP) is 5.35. The van der Waals surface area contributed by atoms with Crippen molar-refractivity contribution in [2.75, 3.05) is 19.4 Å². The Morgan fingerprint density at radius 3 is 2.26 bits per heavy atom. The van der Waals surface area contributed by atoms with Gasteiger partial charge >= 0.3 is 5.97 Å². The molecule has 14 nitrogen and oxygen atoms in total. The molecule has 15 heteroatoms. The first-order valence-electron chi connectivity index (χ1n) is 13.7. The van der Waals surface area contributed by atoms with E-state index in [0.29, 0.717) is 16.8 Å². The Kier molecular flexibility index (Phi) is 10.6. The van der Waals surface area contributed by atoms with Gasteiger partial charge in [0.1, 0.15) is 17.6 Å². The van der Waals surface area contributed by atoms with Crippen LogP contribution in [0, 0.1) is 20.2 Å². The molecule has 3 N–H and O–H groups in total. The molecule has 1 radical (unpaired) electrons.